The summed E-state index contributed by atoms with van der Waals surface area (Å²) < 4.78 is 2.00. The van der Waals surface area contributed by atoms with Crippen molar-refractivity contribution in [1.29, 1.82) is 0 Å². The zero-order chi connectivity index (χ0) is 17.4. The minimum atomic E-state index is 0.0779. The van der Waals surface area contributed by atoms with Crippen molar-refractivity contribution in [3.05, 3.63) is 67.9 Å². The van der Waals surface area contributed by atoms with Crippen molar-refractivity contribution in [2.75, 3.05) is 11.4 Å². The molecular formula is C20H21N5. The zero-order valence-electron chi connectivity index (χ0n) is 14.2. The van der Waals surface area contributed by atoms with Gasteiger partial charge in [-0.1, -0.05) is 18.7 Å². The second kappa shape index (κ2) is 6.11. The summed E-state index contributed by atoms with van der Waals surface area (Å²) in [5, 5.41) is 2.42. The van der Waals surface area contributed by atoms with Gasteiger partial charge in [-0.15, -0.1) is 0 Å². The minimum absolute atomic E-state index is 0.0779. The summed E-state index contributed by atoms with van der Waals surface area (Å²) in [5.74, 6) is 0. The molecule has 2 aromatic heterocycles. The lowest BCUT2D eigenvalue weighted by Crippen LogP contribution is -2.31. The van der Waals surface area contributed by atoms with Crippen molar-refractivity contribution in [2.24, 2.45) is 5.73 Å². The van der Waals surface area contributed by atoms with Crippen LogP contribution in [-0.4, -0.2) is 27.1 Å². The van der Waals surface area contributed by atoms with Crippen molar-refractivity contribution in [3.63, 3.8) is 0 Å². The minimum Gasteiger partial charge on any atom is -0.354 e. The first-order valence-corrected chi connectivity index (χ1v) is 8.34. The molecule has 0 fully saturated rings. The van der Waals surface area contributed by atoms with Gasteiger partial charge in [0, 0.05) is 58.2 Å². The summed E-state index contributed by atoms with van der Waals surface area (Å²) in [4.78, 5) is 9.72. The molecule has 0 amide bonds. The normalized spacial score (nSPS) is 12.6. The zero-order valence-corrected chi connectivity index (χ0v) is 14.2. The molecule has 1 unspecified atom stereocenters. The summed E-state index contributed by atoms with van der Waals surface area (Å²) >= 11 is 0. The summed E-state index contributed by atoms with van der Waals surface area (Å²) in [6.45, 7) is 6.64. The average molecular weight is 331 g/mol. The van der Waals surface area contributed by atoms with Crippen LogP contribution in [0.25, 0.3) is 27.5 Å². The van der Waals surface area contributed by atoms with Crippen LogP contribution in [0.4, 0.5) is 5.69 Å². The molecule has 5 nitrogen and oxygen atoms in total. The van der Waals surface area contributed by atoms with E-state index in [2.05, 4.69) is 57.8 Å². The molecule has 25 heavy (non-hydrogen) atoms. The van der Waals surface area contributed by atoms with Crippen LogP contribution in [0.15, 0.2) is 67.9 Å². The Morgan fingerprint density at radius 3 is 2.68 bits per heavy atom. The maximum Gasteiger partial charge on any atom is 0.0991 e. The Balaban J connectivity index is 1.80. The largest absolute Gasteiger partial charge is 0.354 e. The lowest BCUT2D eigenvalue weighted by Gasteiger charge is -2.22. The second-order valence-corrected chi connectivity index (χ2v) is 6.37. The van der Waals surface area contributed by atoms with Crippen LogP contribution in [0.3, 0.4) is 0 Å². The van der Waals surface area contributed by atoms with E-state index in [1.54, 1.807) is 12.5 Å². The molecule has 0 saturated heterocycles. The van der Waals surface area contributed by atoms with Gasteiger partial charge in [0.25, 0.3) is 0 Å². The number of hydrogen-bond donors (Lipinski definition) is 2. The highest BCUT2D eigenvalue weighted by Gasteiger charge is 2.10. The average Bonchev–Trinajstić information content (AvgIpc) is 3.25. The molecule has 4 aromatic rings. The smallest absolute Gasteiger partial charge is 0.0991 e. The fraction of sp³-hybridized carbons (Fsp3) is 0.150. The fourth-order valence-corrected chi connectivity index (χ4v) is 3.23. The Morgan fingerprint density at radius 2 is 2.00 bits per heavy atom. The van der Waals surface area contributed by atoms with Crippen LogP contribution < -0.4 is 10.6 Å². The first-order valence-electron chi connectivity index (χ1n) is 8.34. The molecule has 0 aliphatic rings. The molecule has 1 atom stereocenters. The van der Waals surface area contributed by atoms with Gasteiger partial charge in [0.15, 0.2) is 0 Å². The quantitative estimate of drug-likeness (QED) is 0.584. The molecule has 3 N–H and O–H groups in total. The van der Waals surface area contributed by atoms with E-state index in [1.165, 1.54) is 10.8 Å². The van der Waals surface area contributed by atoms with Gasteiger partial charge in [-0.3, -0.25) is 0 Å². The highest BCUT2D eigenvalue weighted by Crippen LogP contribution is 2.30. The van der Waals surface area contributed by atoms with E-state index in [4.69, 9.17) is 5.73 Å². The van der Waals surface area contributed by atoms with E-state index in [-0.39, 0.29) is 6.04 Å². The van der Waals surface area contributed by atoms with Gasteiger partial charge in [0.2, 0.25) is 0 Å². The van der Waals surface area contributed by atoms with Crippen LogP contribution >= 0.6 is 0 Å². The maximum atomic E-state index is 5.94. The Hall–Kier alpha value is -3.05. The van der Waals surface area contributed by atoms with Crippen molar-refractivity contribution in [3.8, 4) is 5.69 Å². The third-order valence-corrected chi connectivity index (χ3v) is 4.41. The predicted octanol–water partition coefficient (Wildman–Crippen LogP) is 3.80. The summed E-state index contributed by atoms with van der Waals surface area (Å²) in [5.41, 5.74) is 10.3. The van der Waals surface area contributed by atoms with E-state index in [1.807, 2.05) is 23.9 Å². The molecule has 0 saturated carbocycles. The number of aromatic amines is 1. The van der Waals surface area contributed by atoms with Gasteiger partial charge in [-0.2, -0.15) is 0 Å². The van der Waals surface area contributed by atoms with Gasteiger partial charge in [-0.25, -0.2) is 4.98 Å². The Morgan fingerprint density at radius 1 is 1.24 bits per heavy atom. The molecule has 0 bridgehead atoms. The lowest BCUT2D eigenvalue weighted by atomic mass is 10.1. The van der Waals surface area contributed by atoms with Crippen molar-refractivity contribution in [2.45, 2.75) is 13.0 Å². The second-order valence-electron chi connectivity index (χ2n) is 6.37. The van der Waals surface area contributed by atoms with Gasteiger partial charge in [0.05, 0.1) is 6.33 Å². The molecule has 2 heterocycles. The highest BCUT2D eigenvalue weighted by molar-refractivity contribution is 6.08. The molecule has 5 heteroatoms. The van der Waals surface area contributed by atoms with Gasteiger partial charge < -0.3 is 20.2 Å². The summed E-state index contributed by atoms with van der Waals surface area (Å²) in [6, 6.07) is 12.9. The summed E-state index contributed by atoms with van der Waals surface area (Å²) in [6.07, 6.45) is 7.35. The number of anilines is 1. The van der Waals surface area contributed by atoms with Crippen LogP contribution in [0.5, 0.6) is 0 Å². The van der Waals surface area contributed by atoms with Gasteiger partial charge in [-0.05, 0) is 37.4 Å². The fourth-order valence-electron chi connectivity index (χ4n) is 3.23. The molecule has 0 spiro atoms. The highest BCUT2D eigenvalue weighted by atomic mass is 15.1. The number of nitrogens with two attached hydrogens (primary N) is 1. The van der Waals surface area contributed by atoms with Crippen LogP contribution in [0, 0.1) is 0 Å². The number of aromatic nitrogens is 3. The molecule has 0 radical (unpaired) electrons. The van der Waals surface area contributed by atoms with Crippen LogP contribution in [0.2, 0.25) is 0 Å². The Kier molecular flexibility index (Phi) is 3.78. The van der Waals surface area contributed by atoms with Gasteiger partial charge >= 0.3 is 0 Å². The molecule has 126 valence electrons. The van der Waals surface area contributed by atoms with Crippen molar-refractivity contribution >= 4 is 27.5 Å². The number of rotatable bonds is 5. The lowest BCUT2D eigenvalue weighted by molar-refractivity contribution is 0.732. The number of nitrogens with one attached hydrogen (secondary N) is 1. The first-order chi connectivity index (χ1) is 12.2. The number of fused-ring (bicyclic) bond motifs is 3. The topological polar surface area (TPSA) is 62.9 Å². The molecular weight excluding hydrogens is 310 g/mol. The van der Waals surface area contributed by atoms with Crippen molar-refractivity contribution < 1.29 is 0 Å². The maximum absolute atomic E-state index is 5.94. The van der Waals surface area contributed by atoms with E-state index < -0.39 is 0 Å². The van der Waals surface area contributed by atoms with E-state index in [9.17, 15) is 0 Å². The molecule has 0 aliphatic carbocycles. The van der Waals surface area contributed by atoms with Gasteiger partial charge in [0.1, 0.15) is 0 Å². The summed E-state index contributed by atoms with van der Waals surface area (Å²) in [7, 11) is 0. The number of nitrogens with zero attached hydrogens (tertiary/aromatic N) is 3. The van der Waals surface area contributed by atoms with Crippen molar-refractivity contribution in [1.82, 2.24) is 14.5 Å². The van der Waals surface area contributed by atoms with Crippen LogP contribution in [-0.2, 0) is 0 Å². The molecule has 2 aromatic carbocycles. The monoisotopic (exact) mass is 331 g/mol. The van der Waals surface area contributed by atoms with Crippen LogP contribution in [0.1, 0.15) is 6.92 Å². The number of imidazole rings is 1. The van der Waals surface area contributed by atoms with E-state index in [0.717, 1.165) is 29.0 Å². The third-order valence-electron chi connectivity index (χ3n) is 4.41. The standard InChI is InChI=1S/C20H21N5/c1-3-24(12-14(2)21)15-4-6-17-18-7-5-16(25-9-8-22-13-25)11-20(18)23-19(17)10-15/h3-11,13-14,23H,1,12,21H2,2H3. The number of benzene rings is 2. The van der Waals surface area contributed by atoms with E-state index in [0.29, 0.717) is 0 Å². The number of H-pyrrole nitrogens is 1. The SMILES string of the molecule is C=CN(CC(C)N)c1ccc2c(c1)[nH]c1cc(-n3ccnc3)ccc12. The predicted molar refractivity (Wildman–Crippen MR) is 104 cm³/mol. The molecule has 4 rings (SSSR count). The first kappa shape index (κ1) is 15.5. The Bertz CT molecular complexity index is 1030. The van der Waals surface area contributed by atoms with E-state index >= 15 is 0 Å². The number of hydrogen-bond acceptors (Lipinski definition) is 3. The third kappa shape index (κ3) is 2.79. The molecule has 0 aliphatic heterocycles. The Labute approximate surface area is 146 Å².